The van der Waals surface area contributed by atoms with Gasteiger partial charge in [-0.25, -0.2) is 13.1 Å². The van der Waals surface area contributed by atoms with Crippen LogP contribution in [0.4, 0.5) is 0 Å². The molecule has 0 bridgehead atoms. The highest BCUT2D eigenvalue weighted by Gasteiger charge is 2.24. The molecule has 0 radical (unpaired) electrons. The van der Waals surface area contributed by atoms with Gasteiger partial charge in [-0.3, -0.25) is 0 Å². The number of hydrogen-bond acceptors (Lipinski definition) is 4. The number of aryl methyl sites for hydroxylation is 1. The molecule has 122 valence electrons. The van der Waals surface area contributed by atoms with Gasteiger partial charge in [-0.15, -0.1) is 0 Å². The molecule has 6 heteroatoms. The number of rotatable bonds is 8. The Morgan fingerprint density at radius 1 is 1.19 bits per heavy atom. The maximum Gasteiger partial charge on any atom is 0.244 e. The third kappa shape index (κ3) is 4.83. The van der Waals surface area contributed by atoms with Crippen molar-refractivity contribution in [1.82, 2.24) is 10.0 Å². The molecule has 1 heterocycles. The zero-order valence-corrected chi connectivity index (χ0v) is 14.7. The summed E-state index contributed by atoms with van der Waals surface area (Å²) in [6.07, 6.45) is 0. The van der Waals surface area contributed by atoms with E-state index in [-0.39, 0.29) is 4.90 Å². The Balaban J connectivity index is 2.86. The van der Waals surface area contributed by atoms with E-state index in [0.29, 0.717) is 42.4 Å². The highest BCUT2D eigenvalue weighted by Crippen LogP contribution is 2.23. The summed E-state index contributed by atoms with van der Waals surface area (Å²) in [7, 11) is -1.73. The first kappa shape index (κ1) is 18.2. The predicted molar refractivity (Wildman–Crippen MR) is 84.6 cm³/mol. The van der Waals surface area contributed by atoms with Gasteiger partial charge in [0.15, 0.2) is 0 Å². The number of furan rings is 1. The van der Waals surface area contributed by atoms with Crippen LogP contribution in [0, 0.1) is 24.7 Å². The van der Waals surface area contributed by atoms with Crippen molar-refractivity contribution in [3.05, 3.63) is 17.6 Å². The summed E-state index contributed by atoms with van der Waals surface area (Å²) in [4.78, 5) is 0.235. The van der Waals surface area contributed by atoms with E-state index in [2.05, 4.69) is 37.7 Å². The second-order valence-electron chi connectivity index (χ2n) is 6.17. The smallest absolute Gasteiger partial charge is 0.244 e. The summed E-state index contributed by atoms with van der Waals surface area (Å²) in [5.74, 6) is 2.22. The third-order valence-corrected chi connectivity index (χ3v) is 5.32. The maximum atomic E-state index is 12.4. The summed E-state index contributed by atoms with van der Waals surface area (Å²) in [6, 6.07) is 1.59. The Kier molecular flexibility index (Phi) is 6.43. The van der Waals surface area contributed by atoms with Gasteiger partial charge in [0, 0.05) is 12.6 Å². The molecule has 0 amide bonds. The Hall–Kier alpha value is -0.850. The van der Waals surface area contributed by atoms with Crippen molar-refractivity contribution in [3.63, 3.8) is 0 Å². The molecule has 0 aliphatic heterocycles. The quantitative estimate of drug-likeness (QED) is 0.773. The number of sulfonamides is 1. The second-order valence-corrected chi connectivity index (χ2v) is 7.90. The number of hydrogen-bond donors (Lipinski definition) is 2. The molecule has 0 saturated carbocycles. The minimum Gasteiger partial charge on any atom is -0.464 e. The van der Waals surface area contributed by atoms with Crippen molar-refractivity contribution >= 4 is 10.0 Å². The molecule has 0 atom stereocenters. The van der Waals surface area contributed by atoms with Crippen molar-refractivity contribution in [3.8, 4) is 0 Å². The molecule has 1 aromatic rings. The van der Waals surface area contributed by atoms with Gasteiger partial charge in [0.2, 0.25) is 10.0 Å². The van der Waals surface area contributed by atoms with E-state index >= 15 is 0 Å². The molecule has 0 fully saturated rings. The topological polar surface area (TPSA) is 71.3 Å². The van der Waals surface area contributed by atoms with Crippen LogP contribution in [0.2, 0.25) is 0 Å². The molecular formula is C15H28N2O3S. The Morgan fingerprint density at radius 2 is 1.76 bits per heavy atom. The van der Waals surface area contributed by atoms with E-state index < -0.39 is 10.0 Å². The summed E-state index contributed by atoms with van der Waals surface area (Å²) >= 11 is 0. The van der Waals surface area contributed by atoms with Gasteiger partial charge >= 0.3 is 0 Å². The van der Waals surface area contributed by atoms with Gasteiger partial charge in [-0.05, 0) is 31.7 Å². The highest BCUT2D eigenvalue weighted by atomic mass is 32.2. The molecule has 0 aliphatic rings. The van der Waals surface area contributed by atoms with Crippen LogP contribution in [0.5, 0.6) is 0 Å². The van der Waals surface area contributed by atoms with Crippen molar-refractivity contribution in [1.29, 1.82) is 0 Å². The third-order valence-electron chi connectivity index (χ3n) is 3.79. The minimum absolute atomic E-state index is 0.235. The fourth-order valence-corrected chi connectivity index (χ4v) is 3.85. The van der Waals surface area contributed by atoms with E-state index in [1.807, 2.05) is 0 Å². The van der Waals surface area contributed by atoms with E-state index in [9.17, 15) is 8.42 Å². The van der Waals surface area contributed by atoms with Gasteiger partial charge in [0.05, 0.1) is 6.54 Å². The van der Waals surface area contributed by atoms with Gasteiger partial charge in [-0.2, -0.15) is 0 Å². The molecular weight excluding hydrogens is 288 g/mol. The van der Waals surface area contributed by atoms with E-state index in [0.717, 1.165) is 0 Å². The van der Waals surface area contributed by atoms with Crippen LogP contribution in [0.25, 0.3) is 0 Å². The summed E-state index contributed by atoms with van der Waals surface area (Å²) in [6.45, 7) is 11.1. The molecule has 5 nitrogen and oxygen atoms in total. The summed E-state index contributed by atoms with van der Waals surface area (Å²) in [5.41, 5.74) is 0. The van der Waals surface area contributed by atoms with Crippen LogP contribution in [-0.4, -0.2) is 22.0 Å². The fourth-order valence-electron chi connectivity index (χ4n) is 2.58. The molecule has 21 heavy (non-hydrogen) atoms. The Labute approximate surface area is 128 Å². The molecule has 0 aromatic carbocycles. The molecule has 0 spiro atoms. The zero-order valence-electron chi connectivity index (χ0n) is 13.9. The van der Waals surface area contributed by atoms with Crippen LogP contribution in [0.1, 0.15) is 39.2 Å². The van der Waals surface area contributed by atoms with E-state index in [4.69, 9.17) is 4.42 Å². The summed E-state index contributed by atoms with van der Waals surface area (Å²) < 4.78 is 33.0. The number of nitrogens with one attached hydrogen (secondary N) is 2. The molecule has 0 unspecified atom stereocenters. The Bertz CT molecular complexity index is 539. The zero-order chi connectivity index (χ0) is 16.2. The monoisotopic (exact) mass is 316 g/mol. The van der Waals surface area contributed by atoms with Crippen LogP contribution in [0.3, 0.4) is 0 Å². The predicted octanol–water partition coefficient (Wildman–Crippen LogP) is 2.51. The largest absolute Gasteiger partial charge is 0.464 e. The normalized spacial score (nSPS) is 12.8. The van der Waals surface area contributed by atoms with Crippen molar-refractivity contribution < 1.29 is 12.8 Å². The summed E-state index contributed by atoms with van der Waals surface area (Å²) in [5, 5.41) is 2.95. The van der Waals surface area contributed by atoms with E-state index in [1.54, 1.807) is 20.0 Å². The van der Waals surface area contributed by atoms with Crippen LogP contribution >= 0.6 is 0 Å². The average molecular weight is 316 g/mol. The molecule has 2 N–H and O–H groups in total. The highest BCUT2D eigenvalue weighted by molar-refractivity contribution is 7.89. The lowest BCUT2D eigenvalue weighted by atomic mass is 9.86. The van der Waals surface area contributed by atoms with Crippen molar-refractivity contribution in [2.45, 2.75) is 46.1 Å². The van der Waals surface area contributed by atoms with Crippen LogP contribution in [0.15, 0.2) is 15.4 Å². The maximum absolute atomic E-state index is 12.4. The average Bonchev–Trinajstić information content (AvgIpc) is 2.70. The molecule has 1 rings (SSSR count). The first-order chi connectivity index (χ1) is 9.69. The lowest BCUT2D eigenvalue weighted by Gasteiger charge is -2.24. The van der Waals surface area contributed by atoms with Gasteiger partial charge in [0.1, 0.15) is 16.4 Å². The van der Waals surface area contributed by atoms with Gasteiger partial charge in [0.25, 0.3) is 0 Å². The Morgan fingerprint density at radius 3 is 2.24 bits per heavy atom. The SMILES string of the molecule is CNCc1cc(S(=O)(=O)NCC(C(C)C)C(C)C)c(C)o1. The second kappa shape index (κ2) is 7.42. The lowest BCUT2D eigenvalue weighted by Crippen LogP contribution is -2.34. The fraction of sp³-hybridized carbons (Fsp3) is 0.733. The van der Waals surface area contributed by atoms with Crippen molar-refractivity contribution in [2.75, 3.05) is 13.6 Å². The first-order valence-corrected chi connectivity index (χ1v) is 8.91. The van der Waals surface area contributed by atoms with Crippen LogP contribution < -0.4 is 10.0 Å². The first-order valence-electron chi connectivity index (χ1n) is 7.42. The van der Waals surface area contributed by atoms with Gasteiger partial charge < -0.3 is 9.73 Å². The van der Waals surface area contributed by atoms with Crippen LogP contribution in [-0.2, 0) is 16.6 Å². The van der Waals surface area contributed by atoms with Crippen molar-refractivity contribution in [2.24, 2.45) is 17.8 Å². The van der Waals surface area contributed by atoms with E-state index in [1.165, 1.54) is 0 Å². The standard InChI is InChI=1S/C15H28N2O3S/c1-10(2)14(11(3)4)9-17-21(18,19)15-7-13(8-16-6)20-12(15)5/h7,10-11,14,16-17H,8-9H2,1-6H3. The van der Waals surface area contributed by atoms with Gasteiger partial charge in [-0.1, -0.05) is 27.7 Å². The molecule has 0 aliphatic carbocycles. The minimum atomic E-state index is -3.52. The molecule has 1 aromatic heterocycles. The molecule has 0 saturated heterocycles. The lowest BCUT2D eigenvalue weighted by molar-refractivity contribution is 0.289.